The molecule has 2 atom stereocenters. The minimum Gasteiger partial charge on any atom is -0.301 e. The Hall–Kier alpha value is -0.0900. The zero-order valence-electron chi connectivity index (χ0n) is 6.44. The van der Waals surface area contributed by atoms with E-state index < -0.39 is 13.9 Å². The molecule has 1 rings (SSSR count). The summed E-state index contributed by atoms with van der Waals surface area (Å²) >= 11 is 0. The fraction of sp³-hybridized carbons (Fsp3) is 1.00. The Kier molecular flexibility index (Phi) is 4.19. The van der Waals surface area contributed by atoms with Gasteiger partial charge in [-0.25, -0.2) is 9.45 Å². The van der Waals surface area contributed by atoms with Crippen LogP contribution in [0.3, 0.4) is 0 Å². The molecule has 0 aromatic rings. The van der Waals surface area contributed by atoms with Gasteiger partial charge in [-0.05, 0) is 27.1 Å². The van der Waals surface area contributed by atoms with Crippen LogP contribution in [0.4, 0.5) is 0 Å². The van der Waals surface area contributed by atoms with Gasteiger partial charge in [-0.15, -0.1) is 0 Å². The highest BCUT2D eigenvalue weighted by Crippen LogP contribution is 2.44. The van der Waals surface area contributed by atoms with Gasteiger partial charge in [-0.3, -0.25) is 4.52 Å². The van der Waals surface area contributed by atoms with Crippen LogP contribution in [-0.4, -0.2) is 17.6 Å². The maximum atomic E-state index is 10.8. The summed E-state index contributed by atoms with van der Waals surface area (Å²) in [6, 6.07) is 0. The van der Waals surface area contributed by atoms with Gasteiger partial charge in [0.2, 0.25) is 0 Å². The van der Waals surface area contributed by atoms with E-state index in [9.17, 15) is 4.57 Å². The van der Waals surface area contributed by atoms with Gasteiger partial charge in [0, 0.05) is 0 Å². The van der Waals surface area contributed by atoms with Crippen molar-refractivity contribution < 1.29 is 43.7 Å². The molecule has 0 radical (unpaired) electrons. The standard InChI is InChI=1S/C3H7O9P/c1-3-2-6-8-9-10-11-12-13(4,5)7-3/h3H,2H2,1H3,(H,4,5). The fourth-order valence-electron chi connectivity index (χ4n) is 0.492. The molecule has 0 bridgehead atoms. The monoisotopic (exact) mass is 218 g/mol. The number of phosphoric acid groups is 1. The van der Waals surface area contributed by atoms with Crippen molar-refractivity contribution in [3.05, 3.63) is 0 Å². The first-order valence-corrected chi connectivity index (χ1v) is 4.59. The molecule has 78 valence electrons. The molecular formula is C3H7O9P. The van der Waals surface area contributed by atoms with Crippen LogP contribution in [-0.2, 0) is 38.8 Å². The Balaban J connectivity index is 2.45. The summed E-state index contributed by atoms with van der Waals surface area (Å²) < 4.78 is 19.1. The van der Waals surface area contributed by atoms with Crippen molar-refractivity contribution in [1.29, 1.82) is 0 Å². The molecule has 10 heteroatoms. The molecule has 13 heavy (non-hydrogen) atoms. The second-order valence-corrected chi connectivity index (χ2v) is 3.31. The molecule has 0 aromatic heterocycles. The molecule has 0 amide bonds. The topological polar surface area (TPSA) is 102 Å². The van der Waals surface area contributed by atoms with E-state index in [1.165, 1.54) is 6.92 Å². The van der Waals surface area contributed by atoms with Crippen molar-refractivity contribution >= 4 is 7.82 Å². The molecule has 1 aliphatic heterocycles. The van der Waals surface area contributed by atoms with Crippen LogP contribution in [0.25, 0.3) is 0 Å². The number of phosphoric ester groups is 1. The minimum atomic E-state index is -4.32. The first-order chi connectivity index (χ1) is 6.10. The van der Waals surface area contributed by atoms with E-state index >= 15 is 0 Å². The molecule has 0 aromatic carbocycles. The summed E-state index contributed by atoms with van der Waals surface area (Å²) in [6.45, 7) is 1.29. The number of hydrogen-bond donors (Lipinski definition) is 1. The van der Waals surface area contributed by atoms with Crippen molar-refractivity contribution in [2.75, 3.05) is 6.61 Å². The Morgan fingerprint density at radius 1 is 1.31 bits per heavy atom. The molecule has 2 unspecified atom stereocenters. The van der Waals surface area contributed by atoms with Crippen molar-refractivity contribution in [3.8, 4) is 0 Å². The number of hydrogen-bond acceptors (Lipinski definition) is 8. The summed E-state index contributed by atoms with van der Waals surface area (Å²) in [6.07, 6.45) is -0.749. The van der Waals surface area contributed by atoms with E-state index in [0.29, 0.717) is 0 Å². The maximum absolute atomic E-state index is 10.8. The zero-order valence-corrected chi connectivity index (χ0v) is 7.34. The third-order valence-corrected chi connectivity index (χ3v) is 1.75. The Morgan fingerprint density at radius 2 is 2.00 bits per heavy atom. The fourth-order valence-corrected chi connectivity index (χ4v) is 1.14. The normalized spacial score (nSPS) is 38.5. The Morgan fingerprint density at radius 3 is 2.77 bits per heavy atom. The van der Waals surface area contributed by atoms with Crippen LogP contribution < -0.4 is 0 Å². The summed E-state index contributed by atoms with van der Waals surface area (Å²) in [5.74, 6) is 0. The van der Waals surface area contributed by atoms with Crippen LogP contribution >= 0.6 is 7.82 Å². The maximum Gasteiger partial charge on any atom is 0.502 e. The highest BCUT2D eigenvalue weighted by molar-refractivity contribution is 7.47. The van der Waals surface area contributed by atoms with Gasteiger partial charge < -0.3 is 4.89 Å². The molecule has 0 aliphatic carbocycles. The van der Waals surface area contributed by atoms with Gasteiger partial charge in [0.05, 0.1) is 6.10 Å². The van der Waals surface area contributed by atoms with Gasteiger partial charge in [0.25, 0.3) is 0 Å². The zero-order chi connectivity index (χ0) is 9.73. The quantitative estimate of drug-likeness (QED) is 0.450. The van der Waals surface area contributed by atoms with Crippen molar-refractivity contribution in [1.82, 2.24) is 0 Å². The van der Waals surface area contributed by atoms with Gasteiger partial charge in [-0.1, -0.05) is 4.67 Å². The third kappa shape index (κ3) is 4.62. The van der Waals surface area contributed by atoms with Crippen LogP contribution in [0.15, 0.2) is 0 Å². The average molecular weight is 218 g/mol. The van der Waals surface area contributed by atoms with Crippen molar-refractivity contribution in [2.24, 2.45) is 0 Å². The average Bonchev–Trinajstić information content (AvgIpc) is 2.01. The first kappa shape index (κ1) is 11.0. The minimum absolute atomic E-state index is 0.155. The lowest BCUT2D eigenvalue weighted by molar-refractivity contribution is -0.748. The van der Waals surface area contributed by atoms with Crippen LogP contribution in [0.5, 0.6) is 0 Å². The molecule has 0 saturated carbocycles. The smallest absolute Gasteiger partial charge is 0.301 e. The van der Waals surface area contributed by atoms with Crippen LogP contribution in [0.2, 0.25) is 0 Å². The molecule has 1 aliphatic rings. The van der Waals surface area contributed by atoms with Crippen LogP contribution in [0, 0.1) is 0 Å². The SMILES string of the molecule is CC1COOOOOOP(=O)(O)O1. The molecule has 1 saturated heterocycles. The van der Waals surface area contributed by atoms with E-state index in [2.05, 4.69) is 34.2 Å². The largest absolute Gasteiger partial charge is 0.502 e. The predicted octanol–water partition coefficient (Wildman–Crippen LogP) is 0.180. The van der Waals surface area contributed by atoms with E-state index in [-0.39, 0.29) is 6.61 Å². The van der Waals surface area contributed by atoms with Gasteiger partial charge in [-0.2, -0.15) is 0 Å². The summed E-state index contributed by atoms with van der Waals surface area (Å²) in [4.78, 5) is 13.1. The predicted molar refractivity (Wildman–Crippen MR) is 31.7 cm³/mol. The molecule has 1 fully saturated rings. The van der Waals surface area contributed by atoms with E-state index in [4.69, 9.17) is 4.89 Å². The van der Waals surface area contributed by atoms with Gasteiger partial charge >= 0.3 is 7.82 Å². The molecular weight excluding hydrogens is 211 g/mol. The third-order valence-electron chi connectivity index (χ3n) is 0.872. The summed E-state index contributed by atoms with van der Waals surface area (Å²) in [5, 5.41) is 14.8. The molecule has 1 N–H and O–H groups in total. The Bertz CT molecular complexity index is 193. The molecule has 0 spiro atoms. The van der Waals surface area contributed by atoms with E-state index in [0.717, 1.165) is 0 Å². The summed E-state index contributed by atoms with van der Waals surface area (Å²) in [5.41, 5.74) is 0. The lowest BCUT2D eigenvalue weighted by Gasteiger charge is -2.15. The highest BCUT2D eigenvalue weighted by atomic mass is 31.2. The molecule has 9 nitrogen and oxygen atoms in total. The number of rotatable bonds is 0. The second-order valence-electron chi connectivity index (χ2n) is 2.02. The molecule has 1 heterocycles. The first-order valence-electron chi connectivity index (χ1n) is 3.09. The van der Waals surface area contributed by atoms with Crippen molar-refractivity contribution in [2.45, 2.75) is 13.0 Å². The summed E-state index contributed by atoms with van der Waals surface area (Å²) in [7, 11) is -4.32. The highest BCUT2D eigenvalue weighted by Gasteiger charge is 2.28. The van der Waals surface area contributed by atoms with Crippen molar-refractivity contribution in [3.63, 3.8) is 0 Å². The van der Waals surface area contributed by atoms with E-state index in [1.54, 1.807) is 0 Å². The second kappa shape index (κ2) is 4.96. The Labute approximate surface area is 72.2 Å². The lowest BCUT2D eigenvalue weighted by Crippen LogP contribution is -2.17. The van der Waals surface area contributed by atoms with Gasteiger partial charge in [0.15, 0.2) is 0 Å². The van der Waals surface area contributed by atoms with Gasteiger partial charge in [0.1, 0.15) is 6.61 Å². The van der Waals surface area contributed by atoms with E-state index in [1.807, 2.05) is 0 Å². The lowest BCUT2D eigenvalue weighted by atomic mass is 10.5. The van der Waals surface area contributed by atoms with Crippen LogP contribution in [0.1, 0.15) is 6.92 Å².